The third-order valence-electron chi connectivity index (χ3n) is 3.14. The largest absolute Gasteiger partial charge is 0.355 e. The molecule has 3 nitrogen and oxygen atoms in total. The minimum atomic E-state index is 0.749. The van der Waals surface area contributed by atoms with Gasteiger partial charge in [0.25, 0.3) is 0 Å². The van der Waals surface area contributed by atoms with Crippen LogP contribution in [0.2, 0.25) is 0 Å². The molecule has 0 aromatic carbocycles. The molecule has 1 unspecified atom stereocenters. The molecule has 1 aromatic heterocycles. The van der Waals surface area contributed by atoms with E-state index in [0.717, 1.165) is 35.8 Å². The number of halogens is 1. The standard InChI is InChI=1S/C12H18BrN3/c1-9-3-5-15-12(11(9)13)16-6-4-10(8-16)7-14-2/h3,5,10,14H,4,6-8H2,1-2H3. The highest BCUT2D eigenvalue weighted by atomic mass is 79.9. The zero-order valence-electron chi connectivity index (χ0n) is 9.83. The van der Waals surface area contributed by atoms with Gasteiger partial charge in [-0.15, -0.1) is 0 Å². The van der Waals surface area contributed by atoms with Crippen LogP contribution in [0.1, 0.15) is 12.0 Å². The maximum absolute atomic E-state index is 4.47. The van der Waals surface area contributed by atoms with Crippen molar-refractivity contribution in [3.05, 3.63) is 22.3 Å². The number of aryl methyl sites for hydroxylation is 1. The minimum absolute atomic E-state index is 0.749. The van der Waals surface area contributed by atoms with Crippen LogP contribution in [0.15, 0.2) is 16.7 Å². The third kappa shape index (κ3) is 2.38. The highest BCUT2D eigenvalue weighted by molar-refractivity contribution is 9.10. The zero-order valence-corrected chi connectivity index (χ0v) is 11.4. The fourth-order valence-electron chi connectivity index (χ4n) is 2.23. The van der Waals surface area contributed by atoms with Gasteiger partial charge in [-0.2, -0.15) is 0 Å². The number of hydrogen-bond donors (Lipinski definition) is 1. The Balaban J connectivity index is 2.11. The van der Waals surface area contributed by atoms with Gasteiger partial charge in [-0.25, -0.2) is 4.98 Å². The molecule has 1 aromatic rings. The van der Waals surface area contributed by atoms with E-state index >= 15 is 0 Å². The first-order valence-corrected chi connectivity index (χ1v) is 6.52. The summed E-state index contributed by atoms with van der Waals surface area (Å²) in [6.45, 7) is 5.42. The van der Waals surface area contributed by atoms with Crippen molar-refractivity contribution in [2.75, 3.05) is 31.6 Å². The monoisotopic (exact) mass is 283 g/mol. The van der Waals surface area contributed by atoms with Crippen molar-refractivity contribution in [3.8, 4) is 0 Å². The quantitative estimate of drug-likeness (QED) is 0.922. The molecule has 88 valence electrons. The van der Waals surface area contributed by atoms with E-state index < -0.39 is 0 Å². The van der Waals surface area contributed by atoms with Gasteiger partial charge in [0.05, 0.1) is 4.47 Å². The Kier molecular flexibility index (Phi) is 3.82. The average molecular weight is 284 g/mol. The van der Waals surface area contributed by atoms with E-state index in [-0.39, 0.29) is 0 Å². The van der Waals surface area contributed by atoms with E-state index in [9.17, 15) is 0 Å². The average Bonchev–Trinajstić information content (AvgIpc) is 2.71. The van der Waals surface area contributed by atoms with Crippen molar-refractivity contribution in [1.29, 1.82) is 0 Å². The first-order chi connectivity index (χ1) is 7.72. The van der Waals surface area contributed by atoms with Gasteiger partial charge in [0.2, 0.25) is 0 Å². The summed E-state index contributed by atoms with van der Waals surface area (Å²) in [5, 5.41) is 3.25. The Morgan fingerprint density at radius 1 is 1.62 bits per heavy atom. The summed E-state index contributed by atoms with van der Waals surface area (Å²) < 4.78 is 1.14. The van der Waals surface area contributed by atoms with E-state index in [1.807, 2.05) is 19.3 Å². The van der Waals surface area contributed by atoms with Gasteiger partial charge in [-0.1, -0.05) is 0 Å². The molecular formula is C12H18BrN3. The Hall–Kier alpha value is -0.610. The number of anilines is 1. The molecule has 1 fully saturated rings. The zero-order chi connectivity index (χ0) is 11.5. The normalized spacial score (nSPS) is 20.4. The molecule has 0 aliphatic carbocycles. The second kappa shape index (κ2) is 5.15. The SMILES string of the molecule is CNCC1CCN(c2nccc(C)c2Br)C1. The predicted octanol–water partition coefficient (Wildman–Crippen LogP) is 2.20. The fraction of sp³-hybridized carbons (Fsp3) is 0.583. The number of nitrogens with one attached hydrogen (secondary N) is 1. The van der Waals surface area contributed by atoms with E-state index in [2.05, 4.69) is 38.1 Å². The van der Waals surface area contributed by atoms with E-state index in [4.69, 9.17) is 0 Å². The van der Waals surface area contributed by atoms with E-state index in [1.54, 1.807) is 0 Å². The van der Waals surface area contributed by atoms with Gasteiger partial charge in [0.15, 0.2) is 0 Å². The van der Waals surface area contributed by atoms with Crippen molar-refractivity contribution in [2.45, 2.75) is 13.3 Å². The van der Waals surface area contributed by atoms with Crippen LogP contribution >= 0.6 is 15.9 Å². The molecule has 1 atom stereocenters. The summed E-state index contributed by atoms with van der Waals surface area (Å²) in [5.41, 5.74) is 1.25. The predicted molar refractivity (Wildman–Crippen MR) is 70.9 cm³/mol. The second-order valence-electron chi connectivity index (χ2n) is 4.42. The summed E-state index contributed by atoms with van der Waals surface area (Å²) in [7, 11) is 2.02. The number of rotatable bonds is 3. The molecule has 4 heteroatoms. The van der Waals surface area contributed by atoms with Crippen molar-refractivity contribution in [3.63, 3.8) is 0 Å². The highest BCUT2D eigenvalue weighted by Gasteiger charge is 2.24. The fourth-order valence-corrected chi connectivity index (χ4v) is 2.71. The molecule has 0 radical (unpaired) electrons. The summed E-state index contributed by atoms with van der Waals surface area (Å²) >= 11 is 3.63. The van der Waals surface area contributed by atoms with Gasteiger partial charge in [-0.3, -0.25) is 0 Å². The Bertz CT molecular complexity index is 367. The van der Waals surface area contributed by atoms with Crippen LogP contribution in [0.3, 0.4) is 0 Å². The summed E-state index contributed by atoms with van der Waals surface area (Å²) in [6, 6.07) is 2.04. The molecule has 1 saturated heterocycles. The van der Waals surface area contributed by atoms with Crippen LogP contribution in [-0.4, -0.2) is 31.7 Å². The highest BCUT2D eigenvalue weighted by Crippen LogP contribution is 2.30. The molecule has 2 heterocycles. The van der Waals surface area contributed by atoms with Crippen molar-refractivity contribution >= 4 is 21.7 Å². The van der Waals surface area contributed by atoms with Gasteiger partial charge < -0.3 is 10.2 Å². The van der Waals surface area contributed by atoms with Gasteiger partial charge in [-0.05, 0) is 60.4 Å². The molecule has 16 heavy (non-hydrogen) atoms. The Morgan fingerprint density at radius 3 is 3.19 bits per heavy atom. The van der Waals surface area contributed by atoms with Gasteiger partial charge in [0.1, 0.15) is 5.82 Å². The third-order valence-corrected chi connectivity index (χ3v) is 4.12. The maximum Gasteiger partial charge on any atom is 0.143 e. The molecular weight excluding hydrogens is 266 g/mol. The molecule has 0 saturated carbocycles. The van der Waals surface area contributed by atoms with Crippen LogP contribution in [0.25, 0.3) is 0 Å². The lowest BCUT2D eigenvalue weighted by Crippen LogP contribution is -2.25. The number of hydrogen-bond acceptors (Lipinski definition) is 3. The lowest BCUT2D eigenvalue weighted by molar-refractivity contribution is 0.549. The molecule has 0 spiro atoms. The van der Waals surface area contributed by atoms with Crippen molar-refractivity contribution in [2.24, 2.45) is 5.92 Å². The summed E-state index contributed by atoms with van der Waals surface area (Å²) in [6.07, 6.45) is 3.14. The van der Waals surface area contributed by atoms with Crippen LogP contribution in [-0.2, 0) is 0 Å². The summed E-state index contributed by atoms with van der Waals surface area (Å²) in [4.78, 5) is 6.85. The molecule has 0 amide bonds. The minimum Gasteiger partial charge on any atom is -0.355 e. The van der Waals surface area contributed by atoms with Crippen LogP contribution in [0.4, 0.5) is 5.82 Å². The molecule has 0 bridgehead atoms. The van der Waals surface area contributed by atoms with Crippen LogP contribution < -0.4 is 10.2 Å². The van der Waals surface area contributed by atoms with Crippen LogP contribution in [0, 0.1) is 12.8 Å². The van der Waals surface area contributed by atoms with E-state index in [1.165, 1.54) is 12.0 Å². The second-order valence-corrected chi connectivity index (χ2v) is 5.22. The molecule has 1 N–H and O–H groups in total. The topological polar surface area (TPSA) is 28.2 Å². The number of nitrogens with zero attached hydrogens (tertiary/aromatic N) is 2. The number of pyridine rings is 1. The maximum atomic E-state index is 4.47. The molecule has 2 rings (SSSR count). The Morgan fingerprint density at radius 2 is 2.44 bits per heavy atom. The van der Waals surface area contributed by atoms with Crippen molar-refractivity contribution < 1.29 is 0 Å². The van der Waals surface area contributed by atoms with Gasteiger partial charge >= 0.3 is 0 Å². The van der Waals surface area contributed by atoms with Gasteiger partial charge in [0, 0.05) is 19.3 Å². The van der Waals surface area contributed by atoms with E-state index in [0.29, 0.717) is 0 Å². The lowest BCUT2D eigenvalue weighted by Gasteiger charge is -2.19. The number of aromatic nitrogens is 1. The van der Waals surface area contributed by atoms with Crippen molar-refractivity contribution in [1.82, 2.24) is 10.3 Å². The molecule has 1 aliphatic heterocycles. The van der Waals surface area contributed by atoms with Crippen LogP contribution in [0.5, 0.6) is 0 Å². The first-order valence-electron chi connectivity index (χ1n) is 5.73. The first kappa shape index (κ1) is 11.9. The lowest BCUT2D eigenvalue weighted by atomic mass is 10.1. The molecule has 1 aliphatic rings. The summed E-state index contributed by atoms with van der Waals surface area (Å²) in [5.74, 6) is 1.85. The Labute approximate surface area is 105 Å². The smallest absolute Gasteiger partial charge is 0.143 e.